The largest absolute Gasteiger partial charge is 0.299 e. The second-order valence-corrected chi connectivity index (χ2v) is 6.56. The molecule has 0 aromatic rings. The predicted molar refractivity (Wildman–Crippen MR) is 85.6 cm³/mol. The van der Waals surface area contributed by atoms with Crippen LogP contribution in [-0.4, -0.2) is 35.6 Å². The van der Waals surface area contributed by atoms with E-state index in [-0.39, 0.29) is 5.54 Å². The van der Waals surface area contributed by atoms with E-state index in [2.05, 4.69) is 44.0 Å². The van der Waals surface area contributed by atoms with Crippen molar-refractivity contribution >= 4 is 0 Å². The third-order valence-corrected chi connectivity index (χ3v) is 4.57. The van der Waals surface area contributed by atoms with E-state index < -0.39 is 0 Å². The predicted octanol–water partition coefficient (Wildman–Crippen LogP) is 3.70. The standard InChI is InChI=1S/C17H33N3/c1-5-7-8-12-20(15(3)4)16-9-10-17(13-16,14-18)19-11-6-2/h15-16,19H,5-13H2,1-4H3. The normalized spacial score (nSPS) is 26.4. The summed E-state index contributed by atoms with van der Waals surface area (Å²) >= 11 is 0. The van der Waals surface area contributed by atoms with Crippen LogP contribution in [0.4, 0.5) is 0 Å². The van der Waals surface area contributed by atoms with Crippen LogP contribution in [0.5, 0.6) is 0 Å². The summed E-state index contributed by atoms with van der Waals surface area (Å²) in [5, 5.41) is 13.1. The minimum absolute atomic E-state index is 0.265. The Morgan fingerprint density at radius 1 is 1.30 bits per heavy atom. The van der Waals surface area contributed by atoms with Gasteiger partial charge in [0.2, 0.25) is 0 Å². The van der Waals surface area contributed by atoms with Gasteiger partial charge in [0.25, 0.3) is 0 Å². The first kappa shape index (κ1) is 17.5. The second-order valence-electron chi connectivity index (χ2n) is 6.56. The number of nitrogens with one attached hydrogen (secondary N) is 1. The summed E-state index contributed by atoms with van der Waals surface area (Å²) in [5.41, 5.74) is -0.265. The highest BCUT2D eigenvalue weighted by molar-refractivity contribution is 5.13. The maximum atomic E-state index is 9.56. The smallest absolute Gasteiger partial charge is 0.108 e. The van der Waals surface area contributed by atoms with Crippen molar-refractivity contribution in [1.29, 1.82) is 5.26 Å². The van der Waals surface area contributed by atoms with Crippen LogP contribution < -0.4 is 5.32 Å². The highest BCUT2D eigenvalue weighted by atomic mass is 15.2. The molecule has 0 amide bonds. The zero-order valence-corrected chi connectivity index (χ0v) is 13.9. The summed E-state index contributed by atoms with van der Waals surface area (Å²) in [6.45, 7) is 11.1. The Morgan fingerprint density at radius 2 is 2.05 bits per heavy atom. The number of unbranched alkanes of at least 4 members (excludes halogenated alkanes) is 2. The molecule has 0 spiro atoms. The number of nitriles is 1. The van der Waals surface area contributed by atoms with Gasteiger partial charge in [-0.05, 0) is 59.0 Å². The molecule has 2 unspecified atom stereocenters. The van der Waals surface area contributed by atoms with Crippen LogP contribution in [0, 0.1) is 11.3 Å². The van der Waals surface area contributed by atoms with Crippen LogP contribution >= 0.6 is 0 Å². The molecule has 1 rings (SSSR count). The van der Waals surface area contributed by atoms with Gasteiger partial charge in [-0.2, -0.15) is 5.26 Å². The number of hydrogen-bond acceptors (Lipinski definition) is 3. The lowest BCUT2D eigenvalue weighted by Crippen LogP contribution is -2.45. The highest BCUT2D eigenvalue weighted by Crippen LogP contribution is 2.33. The Kier molecular flexibility index (Phi) is 7.55. The quantitative estimate of drug-likeness (QED) is 0.654. The molecule has 1 fully saturated rings. The molecule has 1 N–H and O–H groups in total. The summed E-state index contributed by atoms with van der Waals surface area (Å²) < 4.78 is 0. The molecule has 1 saturated carbocycles. The first-order valence-corrected chi connectivity index (χ1v) is 8.50. The summed E-state index contributed by atoms with van der Waals surface area (Å²) in [5.74, 6) is 0. The van der Waals surface area contributed by atoms with Gasteiger partial charge in [0.05, 0.1) is 6.07 Å². The van der Waals surface area contributed by atoms with E-state index in [4.69, 9.17) is 0 Å². The number of hydrogen-bond donors (Lipinski definition) is 1. The van der Waals surface area contributed by atoms with Gasteiger partial charge >= 0.3 is 0 Å². The maximum Gasteiger partial charge on any atom is 0.108 e. The molecule has 3 nitrogen and oxygen atoms in total. The molecule has 2 atom stereocenters. The van der Waals surface area contributed by atoms with Gasteiger partial charge in [0, 0.05) is 12.1 Å². The van der Waals surface area contributed by atoms with Crippen LogP contribution in [-0.2, 0) is 0 Å². The van der Waals surface area contributed by atoms with Gasteiger partial charge in [-0.3, -0.25) is 10.2 Å². The fourth-order valence-corrected chi connectivity index (χ4v) is 3.38. The van der Waals surface area contributed by atoms with Crippen molar-refractivity contribution in [3.63, 3.8) is 0 Å². The summed E-state index contributed by atoms with van der Waals surface area (Å²) in [4.78, 5) is 2.63. The molecule has 0 heterocycles. The SMILES string of the molecule is CCCCCN(C(C)C)C1CCC(C#N)(NCCC)C1. The number of rotatable bonds is 9. The second kappa shape index (κ2) is 8.64. The molecular weight excluding hydrogens is 246 g/mol. The molecule has 0 aromatic heterocycles. The average molecular weight is 279 g/mol. The first-order chi connectivity index (χ1) is 9.58. The zero-order chi connectivity index (χ0) is 15.0. The van der Waals surface area contributed by atoms with E-state index in [1.807, 2.05) is 0 Å². The Morgan fingerprint density at radius 3 is 2.60 bits per heavy atom. The van der Waals surface area contributed by atoms with E-state index in [1.165, 1.54) is 25.8 Å². The van der Waals surface area contributed by atoms with Crippen molar-refractivity contribution in [2.45, 2.75) is 90.3 Å². The minimum Gasteiger partial charge on any atom is -0.299 e. The van der Waals surface area contributed by atoms with Crippen LogP contribution in [0.3, 0.4) is 0 Å². The third kappa shape index (κ3) is 4.75. The monoisotopic (exact) mass is 279 g/mol. The van der Waals surface area contributed by atoms with Crippen molar-refractivity contribution in [1.82, 2.24) is 10.2 Å². The van der Waals surface area contributed by atoms with E-state index in [0.29, 0.717) is 12.1 Å². The van der Waals surface area contributed by atoms with Crippen molar-refractivity contribution in [3.05, 3.63) is 0 Å². The lowest BCUT2D eigenvalue weighted by molar-refractivity contribution is 0.147. The maximum absolute atomic E-state index is 9.56. The molecule has 0 saturated heterocycles. The van der Waals surface area contributed by atoms with Crippen LogP contribution in [0.25, 0.3) is 0 Å². The zero-order valence-electron chi connectivity index (χ0n) is 13.9. The van der Waals surface area contributed by atoms with Crippen molar-refractivity contribution in [3.8, 4) is 6.07 Å². The van der Waals surface area contributed by atoms with E-state index >= 15 is 0 Å². The molecule has 1 aliphatic carbocycles. The van der Waals surface area contributed by atoms with E-state index in [0.717, 1.165) is 32.2 Å². The van der Waals surface area contributed by atoms with Gasteiger partial charge < -0.3 is 0 Å². The fourth-order valence-electron chi connectivity index (χ4n) is 3.38. The van der Waals surface area contributed by atoms with Crippen LogP contribution in [0.2, 0.25) is 0 Å². The van der Waals surface area contributed by atoms with Gasteiger partial charge in [-0.25, -0.2) is 0 Å². The Hall–Kier alpha value is -0.590. The Labute approximate surface area is 125 Å². The Bertz CT molecular complexity index is 308. The lowest BCUT2D eigenvalue weighted by Gasteiger charge is -2.33. The summed E-state index contributed by atoms with van der Waals surface area (Å²) in [6.07, 6.45) is 8.13. The molecular formula is C17H33N3. The van der Waals surface area contributed by atoms with Crippen LogP contribution in [0.15, 0.2) is 0 Å². The molecule has 20 heavy (non-hydrogen) atoms. The van der Waals surface area contributed by atoms with Crippen molar-refractivity contribution in [2.75, 3.05) is 13.1 Å². The average Bonchev–Trinajstić information content (AvgIpc) is 2.86. The Balaban J connectivity index is 2.59. The summed E-state index contributed by atoms with van der Waals surface area (Å²) in [6, 6.07) is 3.73. The molecule has 116 valence electrons. The number of nitrogens with zero attached hydrogens (tertiary/aromatic N) is 2. The van der Waals surface area contributed by atoms with Gasteiger partial charge in [-0.15, -0.1) is 0 Å². The van der Waals surface area contributed by atoms with Crippen LogP contribution in [0.1, 0.15) is 72.6 Å². The van der Waals surface area contributed by atoms with Gasteiger partial charge in [0.15, 0.2) is 0 Å². The first-order valence-electron chi connectivity index (χ1n) is 8.50. The van der Waals surface area contributed by atoms with Gasteiger partial charge in [0.1, 0.15) is 5.54 Å². The highest BCUT2D eigenvalue weighted by Gasteiger charge is 2.41. The molecule has 0 radical (unpaired) electrons. The fraction of sp³-hybridized carbons (Fsp3) is 0.941. The molecule has 0 aliphatic heterocycles. The van der Waals surface area contributed by atoms with Crippen molar-refractivity contribution in [2.24, 2.45) is 0 Å². The molecule has 0 bridgehead atoms. The topological polar surface area (TPSA) is 39.1 Å². The minimum atomic E-state index is -0.265. The molecule has 1 aliphatic rings. The van der Waals surface area contributed by atoms with Crippen molar-refractivity contribution < 1.29 is 0 Å². The molecule has 0 aromatic carbocycles. The van der Waals surface area contributed by atoms with Gasteiger partial charge in [-0.1, -0.05) is 26.7 Å². The summed E-state index contributed by atoms with van der Waals surface area (Å²) in [7, 11) is 0. The van der Waals surface area contributed by atoms with E-state index in [1.54, 1.807) is 0 Å². The lowest BCUT2D eigenvalue weighted by atomic mass is 9.98. The molecule has 3 heteroatoms. The van der Waals surface area contributed by atoms with E-state index in [9.17, 15) is 5.26 Å². The third-order valence-electron chi connectivity index (χ3n) is 4.57.